The zero-order chi connectivity index (χ0) is 25.1. The van der Waals surface area contributed by atoms with Crippen molar-refractivity contribution in [1.29, 1.82) is 0 Å². The summed E-state index contributed by atoms with van der Waals surface area (Å²) >= 11 is 3.47. The second-order valence-electron chi connectivity index (χ2n) is 10.9. The Kier molecular flexibility index (Phi) is 8.61. The van der Waals surface area contributed by atoms with Crippen molar-refractivity contribution < 1.29 is 14.3 Å². The molecule has 0 radical (unpaired) electrons. The molecule has 7 heteroatoms. The van der Waals surface area contributed by atoms with Crippen molar-refractivity contribution in [3.05, 3.63) is 40.6 Å². The van der Waals surface area contributed by atoms with Crippen LogP contribution >= 0.6 is 15.9 Å². The van der Waals surface area contributed by atoms with Gasteiger partial charge in [-0.15, -0.1) is 6.58 Å². The molecule has 0 aromatic carbocycles. The molecule has 2 fully saturated rings. The van der Waals surface area contributed by atoms with E-state index in [1.54, 1.807) is 4.90 Å². The molecule has 1 aromatic rings. The summed E-state index contributed by atoms with van der Waals surface area (Å²) in [5, 5.41) is 0. The fraction of sp³-hybridized carbons (Fsp3) is 0.667. The number of hydrogen-bond donors (Lipinski definition) is 0. The van der Waals surface area contributed by atoms with E-state index in [0.29, 0.717) is 11.0 Å². The minimum atomic E-state index is -0.611. The molecule has 6 nitrogen and oxygen atoms in total. The third kappa shape index (κ3) is 6.48. The van der Waals surface area contributed by atoms with Crippen molar-refractivity contribution in [3.63, 3.8) is 0 Å². The van der Waals surface area contributed by atoms with Gasteiger partial charge in [0.05, 0.1) is 18.2 Å². The first-order valence-electron chi connectivity index (χ1n) is 12.5. The summed E-state index contributed by atoms with van der Waals surface area (Å²) in [7, 11) is 2.11. The Hall–Kier alpha value is -1.73. The summed E-state index contributed by atoms with van der Waals surface area (Å²) in [6, 6.07) is 3.47. The Morgan fingerprint density at radius 2 is 2.03 bits per heavy atom. The number of pyridine rings is 1. The highest BCUT2D eigenvalue weighted by Crippen LogP contribution is 2.60. The maximum Gasteiger partial charge on any atom is 0.411 e. The lowest BCUT2D eigenvalue weighted by Gasteiger charge is -2.30. The van der Waals surface area contributed by atoms with Crippen LogP contribution in [-0.2, 0) is 22.5 Å². The van der Waals surface area contributed by atoms with Gasteiger partial charge in [-0.25, -0.2) is 9.78 Å². The van der Waals surface area contributed by atoms with E-state index in [4.69, 9.17) is 4.74 Å². The molecule has 2 aliphatic rings. The standard InChI is InChI=1S/C27H40BrN3O3/c1-7-9-10-11-14-30(6)18-19-12-13-24(28)29-20(19)15-22(32)21-16-27(8-2)17-23(27)31(21)25(33)34-26(3,4)5/h8,12-13,21,23H,2,7,9-11,14-18H2,1,3-6H3/t21?,23-,27+/m1/s1. The van der Waals surface area contributed by atoms with Gasteiger partial charge in [0, 0.05) is 18.0 Å². The number of ketones is 1. The molecular weight excluding hydrogens is 494 g/mol. The van der Waals surface area contributed by atoms with Crippen LogP contribution in [-0.4, -0.2) is 57.9 Å². The summed E-state index contributed by atoms with van der Waals surface area (Å²) in [5.41, 5.74) is 1.06. The minimum Gasteiger partial charge on any atom is -0.444 e. The lowest BCUT2D eigenvalue weighted by molar-refractivity contribution is -0.123. The molecule has 1 aliphatic heterocycles. The third-order valence-corrected chi connectivity index (χ3v) is 7.36. The molecule has 0 spiro atoms. The maximum atomic E-state index is 13.6. The van der Waals surface area contributed by atoms with Crippen LogP contribution in [0.4, 0.5) is 4.79 Å². The number of nitrogens with zero attached hydrogens (tertiary/aromatic N) is 3. The number of piperidine rings is 1. The van der Waals surface area contributed by atoms with Crippen molar-refractivity contribution in [3.8, 4) is 0 Å². The zero-order valence-corrected chi connectivity index (χ0v) is 23.0. The van der Waals surface area contributed by atoms with Gasteiger partial charge in [0.15, 0.2) is 5.78 Å². The molecule has 3 rings (SSSR count). The average Bonchev–Trinajstić information content (AvgIpc) is 3.36. The highest BCUT2D eigenvalue weighted by Gasteiger charge is 2.66. The van der Waals surface area contributed by atoms with Gasteiger partial charge in [0.2, 0.25) is 0 Å². The first kappa shape index (κ1) is 26.9. The van der Waals surface area contributed by atoms with Crippen LogP contribution in [0, 0.1) is 5.41 Å². The number of amides is 1. The molecule has 188 valence electrons. The number of likely N-dealkylation sites (tertiary alicyclic amines) is 1. The molecule has 1 amide bonds. The van der Waals surface area contributed by atoms with Crippen LogP contribution < -0.4 is 0 Å². The molecule has 0 N–H and O–H groups in total. The molecule has 3 atom stereocenters. The number of rotatable bonds is 11. The molecule has 2 heterocycles. The SMILES string of the molecule is C=C[C@@]12CC(C(=O)Cc3nc(Br)ccc3CN(C)CCCCCC)N(C(=O)OC(C)(C)C)[C@@H]1C2. The van der Waals surface area contributed by atoms with Crippen LogP contribution in [0.15, 0.2) is 29.4 Å². The van der Waals surface area contributed by atoms with Gasteiger partial charge in [0.1, 0.15) is 10.2 Å². The molecule has 1 saturated heterocycles. The van der Waals surface area contributed by atoms with E-state index in [1.165, 1.54) is 25.7 Å². The molecule has 1 aliphatic carbocycles. The second kappa shape index (κ2) is 10.9. The van der Waals surface area contributed by atoms with Crippen molar-refractivity contribution in [2.45, 2.75) is 96.9 Å². The van der Waals surface area contributed by atoms with E-state index in [0.717, 1.165) is 30.8 Å². The Morgan fingerprint density at radius 1 is 1.29 bits per heavy atom. The molecule has 0 bridgehead atoms. The van der Waals surface area contributed by atoms with Crippen LogP contribution in [0.3, 0.4) is 0 Å². The third-order valence-electron chi connectivity index (χ3n) is 6.91. The van der Waals surface area contributed by atoms with E-state index in [-0.39, 0.29) is 23.7 Å². The minimum absolute atomic E-state index is 0.00186. The first-order chi connectivity index (χ1) is 16.0. The van der Waals surface area contributed by atoms with Gasteiger partial charge in [-0.05, 0) is 81.2 Å². The predicted octanol–water partition coefficient (Wildman–Crippen LogP) is 5.92. The number of carbonyl (C=O) groups excluding carboxylic acids is 2. The fourth-order valence-electron chi connectivity index (χ4n) is 4.97. The average molecular weight is 535 g/mol. The normalized spacial score (nSPS) is 23.7. The van der Waals surface area contributed by atoms with Gasteiger partial charge in [0.25, 0.3) is 0 Å². The lowest BCUT2D eigenvalue weighted by Crippen LogP contribution is -2.46. The highest BCUT2D eigenvalue weighted by atomic mass is 79.9. The topological polar surface area (TPSA) is 62.7 Å². The van der Waals surface area contributed by atoms with Gasteiger partial charge in [-0.2, -0.15) is 0 Å². The molecule has 1 unspecified atom stereocenters. The van der Waals surface area contributed by atoms with E-state index >= 15 is 0 Å². The second-order valence-corrected chi connectivity index (χ2v) is 11.8. The Balaban J connectivity index is 1.73. The summed E-state index contributed by atoms with van der Waals surface area (Å²) in [6.45, 7) is 13.5. The number of unbranched alkanes of at least 4 members (excludes halogenated alkanes) is 3. The van der Waals surface area contributed by atoms with Gasteiger partial charge >= 0.3 is 6.09 Å². The monoisotopic (exact) mass is 533 g/mol. The summed E-state index contributed by atoms with van der Waals surface area (Å²) < 4.78 is 6.37. The van der Waals surface area contributed by atoms with E-state index in [1.807, 2.05) is 39.0 Å². The predicted molar refractivity (Wildman–Crippen MR) is 139 cm³/mol. The molecule has 1 aromatic heterocycles. The summed E-state index contributed by atoms with van der Waals surface area (Å²) in [6.07, 6.45) is 8.05. The Labute approximate surface area is 213 Å². The number of ether oxygens (including phenoxy) is 1. The Bertz CT molecular complexity index is 913. The Morgan fingerprint density at radius 3 is 2.68 bits per heavy atom. The smallest absolute Gasteiger partial charge is 0.411 e. The van der Waals surface area contributed by atoms with Crippen molar-refractivity contribution in [1.82, 2.24) is 14.8 Å². The molecular formula is C27H40BrN3O3. The van der Waals surface area contributed by atoms with Crippen LogP contribution in [0.5, 0.6) is 0 Å². The number of Topliss-reactive ketones (excluding diaryl/α,β-unsaturated/α-hetero) is 1. The van der Waals surface area contributed by atoms with Gasteiger partial charge in [-0.1, -0.05) is 38.3 Å². The van der Waals surface area contributed by atoms with Crippen LogP contribution in [0.2, 0.25) is 0 Å². The number of carbonyl (C=O) groups is 2. The fourth-order valence-corrected chi connectivity index (χ4v) is 5.32. The van der Waals surface area contributed by atoms with Crippen molar-refractivity contribution >= 4 is 27.8 Å². The number of fused-ring (bicyclic) bond motifs is 1. The zero-order valence-electron chi connectivity index (χ0n) is 21.4. The molecule has 34 heavy (non-hydrogen) atoms. The first-order valence-corrected chi connectivity index (χ1v) is 13.3. The number of halogens is 1. The van der Waals surface area contributed by atoms with Crippen LogP contribution in [0.1, 0.15) is 77.5 Å². The van der Waals surface area contributed by atoms with E-state index < -0.39 is 17.7 Å². The quantitative estimate of drug-likeness (QED) is 0.200. The summed E-state index contributed by atoms with van der Waals surface area (Å²) in [4.78, 5) is 35.2. The number of aromatic nitrogens is 1. The lowest BCUT2D eigenvalue weighted by atomic mass is 9.95. The van der Waals surface area contributed by atoms with Crippen molar-refractivity contribution in [2.24, 2.45) is 5.41 Å². The van der Waals surface area contributed by atoms with Crippen molar-refractivity contribution in [2.75, 3.05) is 13.6 Å². The van der Waals surface area contributed by atoms with Crippen LogP contribution in [0.25, 0.3) is 0 Å². The highest BCUT2D eigenvalue weighted by molar-refractivity contribution is 9.10. The van der Waals surface area contributed by atoms with E-state index in [2.05, 4.69) is 46.4 Å². The largest absolute Gasteiger partial charge is 0.444 e. The maximum absolute atomic E-state index is 13.6. The van der Waals surface area contributed by atoms with Gasteiger partial charge < -0.3 is 9.64 Å². The summed E-state index contributed by atoms with van der Waals surface area (Å²) in [5.74, 6) is 0.0109. The van der Waals surface area contributed by atoms with E-state index in [9.17, 15) is 9.59 Å². The van der Waals surface area contributed by atoms with Gasteiger partial charge in [-0.3, -0.25) is 9.69 Å². The number of hydrogen-bond acceptors (Lipinski definition) is 5. The molecule has 1 saturated carbocycles.